The molecule has 0 aliphatic rings. The molecule has 0 amide bonds. The van der Waals surface area contributed by atoms with Gasteiger partial charge in [0.15, 0.2) is 0 Å². The van der Waals surface area contributed by atoms with Crippen LogP contribution in [0.4, 0.5) is 0 Å². The average Bonchev–Trinajstić information content (AvgIpc) is 2.68. The van der Waals surface area contributed by atoms with E-state index in [1.165, 1.54) is 12.8 Å². The predicted molar refractivity (Wildman–Crippen MR) is 127 cm³/mol. The molecule has 0 aliphatic carbocycles. The van der Waals surface area contributed by atoms with E-state index in [4.69, 9.17) is 14.5 Å². The average molecular weight is 432 g/mol. The van der Waals surface area contributed by atoms with E-state index >= 15 is 0 Å². The summed E-state index contributed by atoms with van der Waals surface area (Å²) in [5.41, 5.74) is 9.44. The molecule has 0 saturated carbocycles. The van der Waals surface area contributed by atoms with E-state index < -0.39 is 0 Å². The first-order valence-electron chi connectivity index (χ1n) is 12.1. The van der Waals surface area contributed by atoms with E-state index in [1.807, 2.05) is 0 Å². The molecule has 0 radical (unpaired) electrons. The molecule has 0 fully saturated rings. The second kappa shape index (κ2) is 14.8. The minimum atomic E-state index is -0.198. The molecule has 0 aromatic heterocycles. The minimum Gasteiger partial charge on any atom is -0.302 e. The third-order valence-corrected chi connectivity index (χ3v) is 6.33. The first-order chi connectivity index (χ1) is 13.9. The summed E-state index contributed by atoms with van der Waals surface area (Å²) in [4.78, 5) is 17.7. The number of hydrogen-bond acceptors (Lipinski definition) is 6. The molecular weight excluding hydrogens is 378 g/mol. The smallest absolute Gasteiger partial charge is 0.0863 e. The zero-order valence-electron chi connectivity index (χ0n) is 21.7. The highest BCUT2D eigenvalue weighted by Gasteiger charge is 2.28. The molecule has 0 heterocycles. The Kier molecular flexibility index (Phi) is 14.6. The zero-order chi connectivity index (χ0) is 23.3. The standard InChI is InChI=1S/C24H53N3O3/c1-11-14-20(4)19-28-25-17-15-23(9,27-29-21(5)22(6,7)8)16-18-26-30-24(10,12-2)13-3/h20-21,25-27H,11-19H2,1-10H3. The van der Waals surface area contributed by atoms with Crippen LogP contribution in [0.25, 0.3) is 0 Å². The fourth-order valence-corrected chi connectivity index (χ4v) is 2.76. The number of nitrogens with one attached hydrogen (secondary N) is 3. The molecule has 6 nitrogen and oxygen atoms in total. The van der Waals surface area contributed by atoms with E-state index in [9.17, 15) is 0 Å². The molecule has 182 valence electrons. The van der Waals surface area contributed by atoms with Gasteiger partial charge < -0.3 is 4.84 Å². The molecular formula is C24H53N3O3. The maximum absolute atomic E-state index is 6.05. The van der Waals surface area contributed by atoms with Crippen molar-refractivity contribution in [1.29, 1.82) is 0 Å². The molecule has 0 spiro atoms. The summed E-state index contributed by atoms with van der Waals surface area (Å²) in [7, 11) is 0. The second-order valence-corrected chi connectivity index (χ2v) is 10.5. The van der Waals surface area contributed by atoms with Crippen molar-refractivity contribution in [2.45, 2.75) is 125 Å². The molecule has 0 saturated heterocycles. The van der Waals surface area contributed by atoms with Crippen molar-refractivity contribution < 1.29 is 14.5 Å². The number of hydrogen-bond donors (Lipinski definition) is 3. The maximum atomic E-state index is 6.05. The summed E-state index contributed by atoms with van der Waals surface area (Å²) in [5, 5.41) is 0. The Labute approximate surface area is 187 Å². The molecule has 0 rings (SSSR count). The molecule has 30 heavy (non-hydrogen) atoms. The van der Waals surface area contributed by atoms with Crippen LogP contribution in [-0.4, -0.2) is 36.9 Å². The van der Waals surface area contributed by atoms with Crippen molar-refractivity contribution in [2.24, 2.45) is 11.3 Å². The number of hydroxylamine groups is 3. The Morgan fingerprint density at radius 2 is 1.40 bits per heavy atom. The largest absolute Gasteiger partial charge is 0.302 e. The van der Waals surface area contributed by atoms with E-state index in [1.54, 1.807) is 0 Å². The van der Waals surface area contributed by atoms with Gasteiger partial charge in [0.1, 0.15) is 0 Å². The minimum absolute atomic E-state index is 0.0795. The lowest BCUT2D eigenvalue weighted by atomic mass is 9.90. The Morgan fingerprint density at radius 3 is 1.90 bits per heavy atom. The summed E-state index contributed by atoms with van der Waals surface area (Å²) >= 11 is 0. The first kappa shape index (κ1) is 29.8. The van der Waals surface area contributed by atoms with Crippen LogP contribution < -0.4 is 16.4 Å². The number of rotatable bonds is 18. The van der Waals surface area contributed by atoms with Crippen LogP contribution in [0.15, 0.2) is 0 Å². The van der Waals surface area contributed by atoms with Crippen LogP contribution in [0.3, 0.4) is 0 Å². The Hall–Kier alpha value is -0.240. The maximum Gasteiger partial charge on any atom is 0.0863 e. The monoisotopic (exact) mass is 431 g/mol. The fourth-order valence-electron chi connectivity index (χ4n) is 2.76. The van der Waals surface area contributed by atoms with Gasteiger partial charge >= 0.3 is 0 Å². The third kappa shape index (κ3) is 13.2. The van der Waals surface area contributed by atoms with Crippen LogP contribution in [0, 0.1) is 11.3 Å². The van der Waals surface area contributed by atoms with Gasteiger partial charge in [-0.2, -0.15) is 5.48 Å². The quantitative estimate of drug-likeness (QED) is 0.196. The predicted octanol–water partition coefficient (Wildman–Crippen LogP) is 5.54. The lowest BCUT2D eigenvalue weighted by Crippen LogP contribution is -2.49. The molecule has 6 heteroatoms. The van der Waals surface area contributed by atoms with Gasteiger partial charge in [-0.05, 0) is 64.2 Å². The first-order valence-corrected chi connectivity index (χ1v) is 12.1. The molecule has 0 bridgehead atoms. The third-order valence-electron chi connectivity index (χ3n) is 6.33. The summed E-state index contributed by atoms with van der Waals surface area (Å²) in [6.07, 6.45) is 6.21. The molecule has 0 aromatic carbocycles. The van der Waals surface area contributed by atoms with Gasteiger partial charge in [0.2, 0.25) is 0 Å². The SMILES string of the molecule is CCCC(C)CONCCC(C)(CCNOC(C)(CC)CC)NOC(C)C(C)(C)C. The summed E-state index contributed by atoms with van der Waals surface area (Å²) in [5.74, 6) is 0.579. The van der Waals surface area contributed by atoms with E-state index in [-0.39, 0.29) is 22.7 Å². The second-order valence-electron chi connectivity index (χ2n) is 10.5. The van der Waals surface area contributed by atoms with E-state index in [0.717, 1.165) is 45.4 Å². The topological polar surface area (TPSA) is 63.8 Å². The van der Waals surface area contributed by atoms with Crippen LogP contribution in [0.5, 0.6) is 0 Å². The van der Waals surface area contributed by atoms with Crippen molar-refractivity contribution in [3.8, 4) is 0 Å². The highest BCUT2D eigenvalue weighted by atomic mass is 16.7. The Morgan fingerprint density at radius 1 is 0.833 bits per heavy atom. The van der Waals surface area contributed by atoms with Crippen LogP contribution >= 0.6 is 0 Å². The Bertz CT molecular complexity index is 424. The van der Waals surface area contributed by atoms with Gasteiger partial charge in [0.05, 0.1) is 18.3 Å². The van der Waals surface area contributed by atoms with Crippen molar-refractivity contribution in [3.05, 3.63) is 0 Å². The summed E-state index contributed by atoms with van der Waals surface area (Å²) < 4.78 is 0. The lowest BCUT2D eigenvalue weighted by molar-refractivity contribution is -0.119. The van der Waals surface area contributed by atoms with Gasteiger partial charge in [0, 0.05) is 18.6 Å². The van der Waals surface area contributed by atoms with E-state index in [0.29, 0.717) is 5.92 Å². The molecule has 0 aliphatic heterocycles. The Balaban J connectivity index is 4.60. The zero-order valence-corrected chi connectivity index (χ0v) is 21.7. The van der Waals surface area contributed by atoms with Crippen LogP contribution in [0.2, 0.25) is 0 Å². The van der Waals surface area contributed by atoms with Gasteiger partial charge in [-0.25, -0.2) is 11.0 Å². The summed E-state index contributed by atoms with van der Waals surface area (Å²) in [6.45, 7) is 24.0. The lowest BCUT2D eigenvalue weighted by Gasteiger charge is -2.35. The molecule has 0 aromatic rings. The van der Waals surface area contributed by atoms with Crippen LogP contribution in [-0.2, 0) is 14.5 Å². The highest BCUT2D eigenvalue weighted by molar-refractivity contribution is 4.82. The van der Waals surface area contributed by atoms with Gasteiger partial charge in [0.25, 0.3) is 0 Å². The van der Waals surface area contributed by atoms with Gasteiger partial charge in [-0.15, -0.1) is 0 Å². The fraction of sp³-hybridized carbons (Fsp3) is 1.00. The van der Waals surface area contributed by atoms with Gasteiger partial charge in [-0.3, -0.25) is 9.68 Å². The van der Waals surface area contributed by atoms with Crippen molar-refractivity contribution in [1.82, 2.24) is 16.4 Å². The summed E-state index contributed by atoms with van der Waals surface area (Å²) in [6, 6.07) is 0. The van der Waals surface area contributed by atoms with Crippen LogP contribution in [0.1, 0.15) is 108 Å². The van der Waals surface area contributed by atoms with Crippen molar-refractivity contribution in [2.75, 3.05) is 19.7 Å². The molecule has 3 unspecified atom stereocenters. The van der Waals surface area contributed by atoms with Crippen molar-refractivity contribution >= 4 is 0 Å². The van der Waals surface area contributed by atoms with Gasteiger partial charge in [-0.1, -0.05) is 54.9 Å². The normalized spacial score (nSPS) is 17.0. The highest BCUT2D eigenvalue weighted by Crippen LogP contribution is 2.23. The molecule has 3 N–H and O–H groups in total. The van der Waals surface area contributed by atoms with E-state index in [2.05, 4.69) is 85.7 Å². The molecule has 3 atom stereocenters. The van der Waals surface area contributed by atoms with Crippen molar-refractivity contribution in [3.63, 3.8) is 0 Å².